The van der Waals surface area contributed by atoms with Crippen molar-refractivity contribution in [3.05, 3.63) is 60.2 Å². The molecule has 1 radical (unpaired) electrons. The Morgan fingerprint density at radius 1 is 1.07 bits per heavy atom. The van der Waals surface area contributed by atoms with Crippen molar-refractivity contribution in [3.8, 4) is 6.07 Å². The summed E-state index contributed by atoms with van der Waals surface area (Å²) in [4.78, 5) is 11.9. The van der Waals surface area contributed by atoms with E-state index in [2.05, 4.69) is 57.2 Å². The molecule has 2 aromatic carbocycles. The molecule has 1 fully saturated rings. The van der Waals surface area contributed by atoms with E-state index in [0.29, 0.717) is 0 Å². The van der Waals surface area contributed by atoms with Gasteiger partial charge in [-0.3, -0.25) is 4.79 Å². The van der Waals surface area contributed by atoms with E-state index in [4.69, 9.17) is 9.69 Å². The van der Waals surface area contributed by atoms with E-state index in [1.807, 2.05) is 24.3 Å². The van der Waals surface area contributed by atoms with Crippen molar-refractivity contribution < 1.29 is 9.22 Å². The fourth-order valence-electron chi connectivity index (χ4n) is 3.33. The maximum atomic E-state index is 11.9. The van der Waals surface area contributed by atoms with Gasteiger partial charge in [-0.2, -0.15) is 5.26 Å². The second-order valence-electron chi connectivity index (χ2n) is 8.23. The standard InChI is InChI=1S/C23H26NO2Si/c1-23(2,3)18-9-11-21(12-10-18)27(20-7-5-4-6-8-20)26-19-15-17(16-19)22(25)13-14-24/h4-12,17,19H,13,15-16H2,1-3H3. The highest BCUT2D eigenvalue weighted by Crippen LogP contribution is 2.32. The normalized spacial score (nSPS) is 19.4. The van der Waals surface area contributed by atoms with Crippen LogP contribution in [-0.2, 0) is 14.6 Å². The highest BCUT2D eigenvalue weighted by atomic mass is 28.3. The number of hydrogen-bond donors (Lipinski definition) is 0. The van der Waals surface area contributed by atoms with Gasteiger partial charge in [0, 0.05) is 12.0 Å². The third kappa shape index (κ3) is 4.74. The Kier molecular flexibility index (Phi) is 5.94. The minimum absolute atomic E-state index is 0.00283. The molecule has 27 heavy (non-hydrogen) atoms. The van der Waals surface area contributed by atoms with E-state index in [1.54, 1.807) is 0 Å². The van der Waals surface area contributed by atoms with E-state index in [-0.39, 0.29) is 29.6 Å². The van der Waals surface area contributed by atoms with Crippen LogP contribution in [0.4, 0.5) is 0 Å². The van der Waals surface area contributed by atoms with Crippen molar-refractivity contribution in [2.75, 3.05) is 0 Å². The molecule has 3 nitrogen and oxygen atoms in total. The highest BCUT2D eigenvalue weighted by molar-refractivity contribution is 6.80. The molecule has 0 saturated heterocycles. The maximum Gasteiger partial charge on any atom is 0.283 e. The molecule has 3 rings (SSSR count). The van der Waals surface area contributed by atoms with Gasteiger partial charge in [0.2, 0.25) is 0 Å². The molecule has 0 amide bonds. The highest BCUT2D eigenvalue weighted by Gasteiger charge is 2.37. The van der Waals surface area contributed by atoms with Crippen LogP contribution in [0.3, 0.4) is 0 Å². The van der Waals surface area contributed by atoms with Crippen LogP contribution < -0.4 is 10.4 Å². The first kappa shape index (κ1) is 19.5. The molecule has 0 unspecified atom stereocenters. The SMILES string of the molecule is CC(C)(C)c1ccc([Si](OC2CC(C(=O)CC#N)C2)c2ccccc2)cc1. The lowest BCUT2D eigenvalue weighted by Gasteiger charge is -2.36. The molecule has 1 aliphatic carbocycles. The zero-order chi connectivity index (χ0) is 19.4. The van der Waals surface area contributed by atoms with Crippen LogP contribution in [0.1, 0.15) is 45.6 Å². The lowest BCUT2D eigenvalue weighted by atomic mass is 9.79. The monoisotopic (exact) mass is 376 g/mol. The molecule has 2 aromatic rings. The van der Waals surface area contributed by atoms with Gasteiger partial charge in [0.25, 0.3) is 9.04 Å². The number of hydrogen-bond acceptors (Lipinski definition) is 3. The van der Waals surface area contributed by atoms with E-state index in [9.17, 15) is 4.79 Å². The van der Waals surface area contributed by atoms with Crippen molar-refractivity contribution >= 4 is 25.2 Å². The van der Waals surface area contributed by atoms with Crippen molar-refractivity contribution in [2.24, 2.45) is 5.92 Å². The van der Waals surface area contributed by atoms with Gasteiger partial charge in [-0.25, -0.2) is 0 Å². The Balaban J connectivity index is 1.76. The Morgan fingerprint density at radius 2 is 1.67 bits per heavy atom. The molecule has 139 valence electrons. The van der Waals surface area contributed by atoms with Gasteiger partial charge >= 0.3 is 0 Å². The number of nitriles is 1. The Morgan fingerprint density at radius 3 is 2.22 bits per heavy atom. The Bertz CT molecular complexity index is 812. The molecule has 0 atom stereocenters. The third-order valence-corrected chi connectivity index (χ3v) is 7.42. The number of carbonyl (C=O) groups is 1. The third-order valence-electron chi connectivity index (χ3n) is 5.14. The number of benzene rings is 2. The summed E-state index contributed by atoms with van der Waals surface area (Å²) in [6.07, 6.45) is 1.60. The molecule has 0 N–H and O–H groups in total. The molecule has 0 aliphatic heterocycles. The number of nitrogens with zero attached hydrogens (tertiary/aromatic N) is 1. The molecule has 1 saturated carbocycles. The Hall–Kier alpha value is -2.22. The molecular formula is C23H26NO2Si. The van der Waals surface area contributed by atoms with Crippen LogP contribution in [0.2, 0.25) is 0 Å². The van der Waals surface area contributed by atoms with E-state index in [0.717, 1.165) is 12.8 Å². The van der Waals surface area contributed by atoms with Crippen LogP contribution in [0.15, 0.2) is 54.6 Å². The summed E-state index contributed by atoms with van der Waals surface area (Å²) < 4.78 is 6.51. The summed E-state index contributed by atoms with van der Waals surface area (Å²) in [5.74, 6) is 0.0531. The largest absolute Gasteiger partial charge is 0.404 e. The van der Waals surface area contributed by atoms with E-state index >= 15 is 0 Å². The summed E-state index contributed by atoms with van der Waals surface area (Å²) >= 11 is 0. The fraction of sp³-hybridized carbons (Fsp3) is 0.391. The first-order chi connectivity index (χ1) is 12.9. The van der Waals surface area contributed by atoms with Gasteiger partial charge in [-0.15, -0.1) is 0 Å². The summed E-state index contributed by atoms with van der Waals surface area (Å²) in [6, 6.07) is 21.1. The topological polar surface area (TPSA) is 50.1 Å². The molecule has 4 heteroatoms. The van der Waals surface area contributed by atoms with E-state index < -0.39 is 9.04 Å². The van der Waals surface area contributed by atoms with Gasteiger partial charge < -0.3 is 4.43 Å². The minimum atomic E-state index is -1.36. The van der Waals surface area contributed by atoms with Crippen molar-refractivity contribution in [1.82, 2.24) is 0 Å². The number of rotatable bonds is 6. The fourth-order valence-corrected chi connectivity index (χ4v) is 5.42. The van der Waals surface area contributed by atoms with Gasteiger partial charge in [0.1, 0.15) is 5.78 Å². The molecule has 1 aliphatic rings. The number of carbonyl (C=O) groups excluding carboxylic acids is 1. The first-order valence-corrected chi connectivity index (χ1v) is 10.9. The van der Waals surface area contributed by atoms with Crippen molar-refractivity contribution in [2.45, 2.75) is 51.6 Å². The molecule has 0 heterocycles. The second kappa shape index (κ2) is 8.20. The second-order valence-corrected chi connectivity index (χ2v) is 10.3. The lowest BCUT2D eigenvalue weighted by Crippen LogP contribution is -2.50. The van der Waals surface area contributed by atoms with E-state index in [1.165, 1.54) is 15.9 Å². The summed E-state index contributed by atoms with van der Waals surface area (Å²) in [7, 11) is -1.36. The van der Waals surface area contributed by atoms with Crippen molar-refractivity contribution in [3.63, 3.8) is 0 Å². The average molecular weight is 377 g/mol. The van der Waals surface area contributed by atoms with Crippen LogP contribution >= 0.6 is 0 Å². The van der Waals surface area contributed by atoms with Gasteiger partial charge in [0.05, 0.1) is 12.5 Å². The van der Waals surface area contributed by atoms with Crippen LogP contribution in [-0.4, -0.2) is 20.9 Å². The summed E-state index contributed by atoms with van der Waals surface area (Å²) in [5.41, 5.74) is 1.44. The zero-order valence-electron chi connectivity index (χ0n) is 16.2. The predicted molar refractivity (Wildman–Crippen MR) is 109 cm³/mol. The lowest BCUT2D eigenvalue weighted by molar-refractivity contribution is -0.127. The quantitative estimate of drug-likeness (QED) is 0.726. The first-order valence-electron chi connectivity index (χ1n) is 9.48. The summed E-state index contributed by atoms with van der Waals surface area (Å²) in [5, 5.41) is 11.1. The maximum absolute atomic E-state index is 11.9. The van der Waals surface area contributed by atoms with Gasteiger partial charge in [-0.1, -0.05) is 75.4 Å². The van der Waals surface area contributed by atoms with Crippen LogP contribution in [0.25, 0.3) is 0 Å². The molecular weight excluding hydrogens is 350 g/mol. The smallest absolute Gasteiger partial charge is 0.283 e. The molecule has 0 aromatic heterocycles. The molecule has 0 spiro atoms. The predicted octanol–water partition coefficient (Wildman–Crippen LogP) is 3.37. The minimum Gasteiger partial charge on any atom is -0.404 e. The molecule has 0 bridgehead atoms. The number of ketones is 1. The van der Waals surface area contributed by atoms with Crippen LogP contribution in [0.5, 0.6) is 0 Å². The van der Waals surface area contributed by atoms with Crippen LogP contribution in [0, 0.1) is 17.2 Å². The van der Waals surface area contributed by atoms with Crippen molar-refractivity contribution in [1.29, 1.82) is 5.26 Å². The zero-order valence-corrected chi connectivity index (χ0v) is 17.2. The Labute approximate surface area is 163 Å². The number of Topliss-reactive ketones (excluding diaryl/α,β-unsaturated/α-hetero) is 1. The average Bonchev–Trinajstić information content (AvgIpc) is 2.61. The summed E-state index contributed by atoms with van der Waals surface area (Å²) in [6.45, 7) is 6.65. The van der Waals surface area contributed by atoms with Gasteiger partial charge in [0.15, 0.2) is 0 Å². The van der Waals surface area contributed by atoms with Gasteiger partial charge in [-0.05, 0) is 34.2 Å².